The fourth-order valence-electron chi connectivity index (χ4n) is 1.82. The van der Waals surface area contributed by atoms with Gasteiger partial charge in [-0.3, -0.25) is 0 Å². The highest BCUT2D eigenvalue weighted by atomic mass is 79.9. The van der Waals surface area contributed by atoms with Gasteiger partial charge < -0.3 is 5.32 Å². The maximum atomic E-state index is 3.64. The summed E-state index contributed by atoms with van der Waals surface area (Å²) in [5.74, 6) is 0. The van der Waals surface area contributed by atoms with E-state index in [0.29, 0.717) is 0 Å². The molecule has 0 fully saturated rings. The molecule has 2 aromatic rings. The van der Waals surface area contributed by atoms with Gasteiger partial charge in [0.1, 0.15) is 0 Å². The Balaban J connectivity index is 2.48. The first-order valence-corrected chi connectivity index (χ1v) is 8.85. The van der Waals surface area contributed by atoms with Crippen molar-refractivity contribution in [1.29, 1.82) is 0 Å². The lowest BCUT2D eigenvalue weighted by molar-refractivity contribution is 0.628. The molecule has 0 radical (unpaired) electrons. The van der Waals surface area contributed by atoms with Crippen molar-refractivity contribution >= 4 is 59.1 Å². The molecule has 0 amide bonds. The van der Waals surface area contributed by atoms with E-state index >= 15 is 0 Å². The van der Waals surface area contributed by atoms with Crippen LogP contribution in [-0.2, 0) is 0 Å². The Morgan fingerprint density at radius 3 is 2.50 bits per heavy atom. The molecular formula is C13H12Br3NS. The van der Waals surface area contributed by atoms with Gasteiger partial charge in [0.15, 0.2) is 0 Å². The quantitative estimate of drug-likeness (QED) is 0.622. The zero-order valence-corrected chi connectivity index (χ0v) is 15.3. The fourth-order valence-corrected chi connectivity index (χ4v) is 4.23. The Hall–Kier alpha value is 0.320. The third kappa shape index (κ3) is 3.25. The second kappa shape index (κ2) is 6.66. The predicted octanol–water partition coefficient (Wildman–Crippen LogP) is 5.73. The minimum Gasteiger partial charge on any atom is -0.306 e. The molecule has 2 rings (SSSR count). The number of nitrogens with one attached hydrogen (secondary N) is 1. The van der Waals surface area contributed by atoms with E-state index in [4.69, 9.17) is 0 Å². The molecule has 1 unspecified atom stereocenters. The Kier molecular flexibility index (Phi) is 5.45. The van der Waals surface area contributed by atoms with Gasteiger partial charge in [-0.1, -0.05) is 38.8 Å². The van der Waals surface area contributed by atoms with Gasteiger partial charge in [-0.2, -0.15) is 11.3 Å². The maximum absolute atomic E-state index is 3.64. The summed E-state index contributed by atoms with van der Waals surface area (Å²) in [4.78, 5) is 0. The van der Waals surface area contributed by atoms with Crippen molar-refractivity contribution < 1.29 is 0 Å². The van der Waals surface area contributed by atoms with Gasteiger partial charge in [0, 0.05) is 18.8 Å². The Morgan fingerprint density at radius 1 is 1.11 bits per heavy atom. The van der Waals surface area contributed by atoms with E-state index in [1.165, 1.54) is 11.1 Å². The topological polar surface area (TPSA) is 12.0 Å². The molecule has 18 heavy (non-hydrogen) atoms. The second-order valence-corrected chi connectivity index (χ2v) is 7.20. The smallest absolute Gasteiger partial charge is 0.0607 e. The first-order chi connectivity index (χ1) is 8.63. The average Bonchev–Trinajstić information content (AvgIpc) is 2.76. The van der Waals surface area contributed by atoms with Crippen LogP contribution in [0.5, 0.6) is 0 Å². The van der Waals surface area contributed by atoms with Gasteiger partial charge in [0.2, 0.25) is 0 Å². The monoisotopic (exact) mass is 451 g/mol. The van der Waals surface area contributed by atoms with E-state index in [9.17, 15) is 0 Å². The number of benzene rings is 1. The van der Waals surface area contributed by atoms with Crippen molar-refractivity contribution in [3.63, 3.8) is 0 Å². The van der Waals surface area contributed by atoms with Crippen molar-refractivity contribution in [2.75, 3.05) is 6.54 Å². The first kappa shape index (κ1) is 14.7. The van der Waals surface area contributed by atoms with Crippen LogP contribution in [0, 0.1) is 0 Å². The molecule has 0 saturated carbocycles. The van der Waals surface area contributed by atoms with E-state index in [-0.39, 0.29) is 6.04 Å². The lowest BCUT2D eigenvalue weighted by Crippen LogP contribution is -2.22. The summed E-state index contributed by atoms with van der Waals surface area (Å²) in [6, 6.07) is 6.47. The van der Waals surface area contributed by atoms with Crippen molar-refractivity contribution in [3.8, 4) is 0 Å². The van der Waals surface area contributed by atoms with Crippen LogP contribution in [0.4, 0.5) is 0 Å². The molecule has 1 N–H and O–H groups in total. The molecular weight excluding hydrogens is 442 g/mol. The highest BCUT2D eigenvalue weighted by Crippen LogP contribution is 2.35. The van der Waals surface area contributed by atoms with Crippen LogP contribution in [0.15, 0.2) is 42.4 Å². The molecule has 1 atom stereocenters. The van der Waals surface area contributed by atoms with E-state index in [0.717, 1.165) is 20.0 Å². The van der Waals surface area contributed by atoms with Crippen LogP contribution in [-0.4, -0.2) is 6.54 Å². The molecule has 0 aliphatic rings. The highest BCUT2D eigenvalue weighted by Gasteiger charge is 2.19. The minimum absolute atomic E-state index is 0.197. The summed E-state index contributed by atoms with van der Waals surface area (Å²) in [7, 11) is 0. The lowest BCUT2D eigenvalue weighted by Gasteiger charge is -2.20. The molecule has 0 bridgehead atoms. The molecule has 5 heteroatoms. The zero-order valence-electron chi connectivity index (χ0n) is 9.71. The molecule has 0 aliphatic carbocycles. The van der Waals surface area contributed by atoms with Crippen LogP contribution in [0.2, 0.25) is 0 Å². The van der Waals surface area contributed by atoms with Gasteiger partial charge in [-0.15, -0.1) is 0 Å². The van der Waals surface area contributed by atoms with Gasteiger partial charge in [0.25, 0.3) is 0 Å². The molecule has 0 spiro atoms. The highest BCUT2D eigenvalue weighted by molar-refractivity contribution is 9.11. The van der Waals surface area contributed by atoms with E-state index in [1.54, 1.807) is 11.3 Å². The molecule has 96 valence electrons. The van der Waals surface area contributed by atoms with Crippen LogP contribution >= 0.6 is 59.1 Å². The predicted molar refractivity (Wildman–Crippen MR) is 89.4 cm³/mol. The number of thiophene rings is 1. The lowest BCUT2D eigenvalue weighted by atomic mass is 10.0. The van der Waals surface area contributed by atoms with Crippen LogP contribution in [0.3, 0.4) is 0 Å². The summed E-state index contributed by atoms with van der Waals surface area (Å²) in [6.07, 6.45) is 0. The van der Waals surface area contributed by atoms with Crippen molar-refractivity contribution in [2.24, 2.45) is 0 Å². The Morgan fingerprint density at radius 2 is 1.89 bits per heavy atom. The van der Waals surface area contributed by atoms with Gasteiger partial charge in [-0.05, 0) is 57.2 Å². The van der Waals surface area contributed by atoms with Gasteiger partial charge in [0.05, 0.1) is 6.04 Å². The molecule has 1 heterocycles. The molecule has 1 nitrogen and oxygen atoms in total. The third-order valence-electron chi connectivity index (χ3n) is 2.63. The second-order valence-electron chi connectivity index (χ2n) is 3.83. The average molecular weight is 454 g/mol. The van der Waals surface area contributed by atoms with Crippen LogP contribution < -0.4 is 5.32 Å². The molecule has 1 aromatic heterocycles. The van der Waals surface area contributed by atoms with Crippen molar-refractivity contribution in [3.05, 3.63) is 53.5 Å². The Bertz CT molecular complexity index is 539. The normalized spacial score (nSPS) is 12.7. The third-order valence-corrected chi connectivity index (χ3v) is 5.60. The van der Waals surface area contributed by atoms with Crippen LogP contribution in [0.25, 0.3) is 0 Å². The summed E-state index contributed by atoms with van der Waals surface area (Å²) < 4.78 is 3.37. The fraction of sp³-hybridized carbons (Fsp3) is 0.231. The molecule has 0 saturated heterocycles. The summed E-state index contributed by atoms with van der Waals surface area (Å²) in [5, 5.41) is 7.84. The maximum Gasteiger partial charge on any atom is 0.0607 e. The van der Waals surface area contributed by atoms with Gasteiger partial charge >= 0.3 is 0 Å². The standard InChI is InChI=1S/C13H12Br3NS/c1-2-17-13(10-6-18-7-12(10)16)9-5-8(14)3-4-11(9)15/h3-7,13,17H,2H2,1H3. The zero-order chi connectivity index (χ0) is 13.1. The number of hydrogen-bond donors (Lipinski definition) is 1. The van der Waals surface area contributed by atoms with Crippen molar-refractivity contribution in [1.82, 2.24) is 5.32 Å². The molecule has 0 aliphatic heterocycles. The Labute approximate surface area is 136 Å². The number of hydrogen-bond acceptors (Lipinski definition) is 2. The molecule has 1 aromatic carbocycles. The minimum atomic E-state index is 0.197. The summed E-state index contributed by atoms with van der Waals surface area (Å²) in [5.41, 5.74) is 2.52. The SMILES string of the molecule is CCNC(c1cscc1Br)c1cc(Br)ccc1Br. The largest absolute Gasteiger partial charge is 0.306 e. The van der Waals surface area contributed by atoms with Crippen molar-refractivity contribution in [2.45, 2.75) is 13.0 Å². The van der Waals surface area contributed by atoms with E-state index in [2.05, 4.69) is 82.9 Å². The number of halogens is 3. The first-order valence-electron chi connectivity index (χ1n) is 5.53. The summed E-state index contributed by atoms with van der Waals surface area (Å²) in [6.45, 7) is 3.05. The van der Waals surface area contributed by atoms with E-state index < -0.39 is 0 Å². The van der Waals surface area contributed by atoms with Gasteiger partial charge in [-0.25, -0.2) is 0 Å². The number of rotatable bonds is 4. The van der Waals surface area contributed by atoms with Crippen LogP contribution in [0.1, 0.15) is 24.1 Å². The summed E-state index contributed by atoms with van der Waals surface area (Å²) >= 11 is 12.5. The van der Waals surface area contributed by atoms with E-state index in [1.807, 2.05) is 6.07 Å².